The Labute approximate surface area is 181 Å². The van der Waals surface area contributed by atoms with Crippen LogP contribution in [0.25, 0.3) is 0 Å². The summed E-state index contributed by atoms with van der Waals surface area (Å²) in [5, 5.41) is 3.00. The smallest absolute Gasteiger partial charge is 0.259 e. The normalized spacial score (nSPS) is 12.7. The molecule has 0 atom stereocenters. The molecule has 0 aliphatic carbocycles. The van der Waals surface area contributed by atoms with Crippen molar-refractivity contribution in [1.82, 2.24) is 5.32 Å². The number of nitrogens with one attached hydrogen (secondary N) is 1. The van der Waals surface area contributed by atoms with Crippen LogP contribution >= 0.6 is 11.8 Å². The van der Waals surface area contributed by atoms with Crippen LogP contribution in [0.5, 0.6) is 0 Å². The van der Waals surface area contributed by atoms with Gasteiger partial charge in [0.1, 0.15) is 0 Å². The molecule has 3 aromatic rings. The summed E-state index contributed by atoms with van der Waals surface area (Å²) < 4.78 is 0. The van der Waals surface area contributed by atoms with Crippen LogP contribution in [0.1, 0.15) is 38.8 Å². The molecule has 4 rings (SSSR count). The topological polar surface area (TPSA) is 49.4 Å². The lowest BCUT2D eigenvalue weighted by molar-refractivity contribution is 0.0950. The number of carbonyl (C=O) groups is 2. The monoisotopic (exact) mass is 416 g/mol. The van der Waals surface area contributed by atoms with E-state index in [1.807, 2.05) is 49.4 Å². The van der Waals surface area contributed by atoms with Crippen LogP contribution in [0.4, 0.5) is 5.69 Å². The average Bonchev–Trinajstić information content (AvgIpc) is 2.88. The van der Waals surface area contributed by atoms with Crippen molar-refractivity contribution in [1.29, 1.82) is 0 Å². The highest BCUT2D eigenvalue weighted by Crippen LogP contribution is 2.41. The third kappa shape index (κ3) is 4.12. The second-order valence-electron chi connectivity index (χ2n) is 7.32. The lowest BCUT2D eigenvalue weighted by Crippen LogP contribution is -2.31. The maximum atomic E-state index is 13.1. The molecule has 1 aliphatic rings. The molecule has 1 N–H and O–H groups in total. The molecular weight excluding hydrogens is 392 g/mol. The molecule has 1 aliphatic heterocycles. The number of hydrogen-bond donors (Lipinski definition) is 1. The Hall–Kier alpha value is -3.05. The van der Waals surface area contributed by atoms with Crippen molar-refractivity contribution >= 4 is 29.3 Å². The van der Waals surface area contributed by atoms with Gasteiger partial charge < -0.3 is 10.2 Å². The molecule has 0 spiro atoms. The van der Waals surface area contributed by atoms with E-state index in [-0.39, 0.29) is 11.8 Å². The zero-order valence-electron chi connectivity index (χ0n) is 17.1. The lowest BCUT2D eigenvalue weighted by atomic mass is 10.1. The molecule has 152 valence electrons. The van der Waals surface area contributed by atoms with Gasteiger partial charge in [0.05, 0.1) is 11.3 Å². The molecule has 2 amide bonds. The molecule has 3 aromatic carbocycles. The van der Waals surface area contributed by atoms with Crippen molar-refractivity contribution in [2.24, 2.45) is 0 Å². The van der Waals surface area contributed by atoms with Gasteiger partial charge in [0.2, 0.25) is 0 Å². The lowest BCUT2D eigenvalue weighted by Gasteiger charge is -2.21. The van der Waals surface area contributed by atoms with Crippen LogP contribution in [0.15, 0.2) is 76.5 Å². The largest absolute Gasteiger partial charge is 0.352 e. The maximum absolute atomic E-state index is 13.1. The minimum Gasteiger partial charge on any atom is -0.352 e. The van der Waals surface area contributed by atoms with Gasteiger partial charge in [-0.2, -0.15) is 0 Å². The van der Waals surface area contributed by atoms with Gasteiger partial charge in [0.25, 0.3) is 11.8 Å². The number of benzene rings is 3. The zero-order chi connectivity index (χ0) is 21.1. The van der Waals surface area contributed by atoms with Crippen molar-refractivity contribution in [2.45, 2.75) is 30.1 Å². The minimum atomic E-state index is -0.125. The zero-order valence-corrected chi connectivity index (χ0v) is 18.0. The van der Waals surface area contributed by atoms with Crippen molar-refractivity contribution in [3.05, 3.63) is 89.0 Å². The number of aryl methyl sites for hydroxylation is 1. The number of anilines is 1. The molecule has 4 nitrogen and oxygen atoms in total. The van der Waals surface area contributed by atoms with Crippen LogP contribution in [0, 0.1) is 6.92 Å². The van der Waals surface area contributed by atoms with Crippen LogP contribution in [0.3, 0.4) is 0 Å². The molecule has 0 fully saturated rings. The van der Waals surface area contributed by atoms with Gasteiger partial charge in [-0.15, -0.1) is 0 Å². The fraction of sp³-hybridized carbons (Fsp3) is 0.200. The van der Waals surface area contributed by atoms with E-state index in [1.54, 1.807) is 16.7 Å². The highest BCUT2D eigenvalue weighted by molar-refractivity contribution is 7.99. The second kappa shape index (κ2) is 8.76. The van der Waals surface area contributed by atoms with Gasteiger partial charge >= 0.3 is 0 Å². The summed E-state index contributed by atoms with van der Waals surface area (Å²) in [5.41, 5.74) is 4.47. The standard InChI is InChI=1S/C25H24N2O2S/c1-3-27-21-16-19(24(28)26-15-14-18-10-8-17(2)9-11-18)12-13-23(21)30-22-7-5-4-6-20(22)25(27)29/h4-13,16H,3,14-15H2,1-2H3,(H,26,28). The van der Waals surface area contributed by atoms with E-state index in [1.165, 1.54) is 11.1 Å². The molecule has 0 unspecified atom stereocenters. The minimum absolute atomic E-state index is 0.0312. The summed E-state index contributed by atoms with van der Waals surface area (Å²) in [6.45, 7) is 5.12. The number of hydrogen-bond acceptors (Lipinski definition) is 3. The molecule has 0 radical (unpaired) electrons. The number of carbonyl (C=O) groups excluding carboxylic acids is 2. The van der Waals surface area contributed by atoms with Crippen molar-refractivity contribution < 1.29 is 9.59 Å². The number of nitrogens with zero attached hydrogens (tertiary/aromatic N) is 1. The Morgan fingerprint density at radius 2 is 1.77 bits per heavy atom. The van der Waals surface area contributed by atoms with E-state index in [0.29, 0.717) is 24.2 Å². The average molecular weight is 417 g/mol. The van der Waals surface area contributed by atoms with E-state index in [0.717, 1.165) is 21.9 Å². The molecule has 0 bridgehead atoms. The SMILES string of the molecule is CCN1C(=O)c2ccccc2Sc2ccc(C(=O)NCCc3ccc(C)cc3)cc21. The van der Waals surface area contributed by atoms with Crippen LogP contribution in [-0.2, 0) is 6.42 Å². The molecule has 0 saturated heterocycles. The van der Waals surface area contributed by atoms with Crippen molar-refractivity contribution in [3.8, 4) is 0 Å². The third-order valence-electron chi connectivity index (χ3n) is 5.23. The van der Waals surface area contributed by atoms with Crippen LogP contribution < -0.4 is 10.2 Å². The molecule has 0 saturated carbocycles. The van der Waals surface area contributed by atoms with Gasteiger partial charge in [-0.1, -0.05) is 53.7 Å². The van der Waals surface area contributed by atoms with Crippen molar-refractivity contribution in [3.63, 3.8) is 0 Å². The van der Waals surface area contributed by atoms with E-state index in [2.05, 4.69) is 36.5 Å². The fourth-order valence-electron chi connectivity index (χ4n) is 3.55. The second-order valence-corrected chi connectivity index (χ2v) is 8.41. The summed E-state index contributed by atoms with van der Waals surface area (Å²) in [5.74, 6) is -0.156. The summed E-state index contributed by atoms with van der Waals surface area (Å²) in [4.78, 5) is 29.5. The van der Waals surface area contributed by atoms with Crippen LogP contribution in [-0.4, -0.2) is 24.9 Å². The Morgan fingerprint density at radius 1 is 1.00 bits per heavy atom. The van der Waals surface area contributed by atoms with Gasteiger partial charge in [0, 0.05) is 28.4 Å². The number of fused-ring (bicyclic) bond motifs is 2. The van der Waals surface area contributed by atoms with Gasteiger partial charge in [-0.25, -0.2) is 0 Å². The summed E-state index contributed by atoms with van der Waals surface area (Å²) in [6.07, 6.45) is 0.779. The number of rotatable bonds is 5. The fourth-order valence-corrected chi connectivity index (χ4v) is 4.61. The van der Waals surface area contributed by atoms with E-state index in [9.17, 15) is 9.59 Å². The maximum Gasteiger partial charge on any atom is 0.259 e. The summed E-state index contributed by atoms with van der Waals surface area (Å²) in [6, 6.07) is 21.6. The molecular formula is C25H24N2O2S. The van der Waals surface area contributed by atoms with E-state index >= 15 is 0 Å². The highest BCUT2D eigenvalue weighted by Gasteiger charge is 2.26. The Morgan fingerprint density at radius 3 is 2.53 bits per heavy atom. The predicted octanol–water partition coefficient (Wildman–Crippen LogP) is 5.10. The predicted molar refractivity (Wildman–Crippen MR) is 122 cm³/mol. The van der Waals surface area contributed by atoms with E-state index < -0.39 is 0 Å². The van der Waals surface area contributed by atoms with Crippen molar-refractivity contribution in [2.75, 3.05) is 18.0 Å². The van der Waals surface area contributed by atoms with E-state index in [4.69, 9.17) is 0 Å². The highest BCUT2D eigenvalue weighted by atomic mass is 32.2. The van der Waals surface area contributed by atoms with Crippen LogP contribution in [0.2, 0.25) is 0 Å². The first-order chi connectivity index (χ1) is 14.6. The van der Waals surface area contributed by atoms with Gasteiger partial charge in [-0.3, -0.25) is 9.59 Å². The first-order valence-corrected chi connectivity index (χ1v) is 10.9. The van der Waals surface area contributed by atoms with Gasteiger partial charge in [-0.05, 0) is 56.2 Å². The molecule has 0 aromatic heterocycles. The Bertz CT molecular complexity index is 1090. The third-order valence-corrected chi connectivity index (χ3v) is 6.37. The number of amides is 2. The van der Waals surface area contributed by atoms with Gasteiger partial charge in [0.15, 0.2) is 0 Å². The molecule has 1 heterocycles. The quantitative estimate of drug-likeness (QED) is 0.630. The first kappa shape index (κ1) is 20.2. The summed E-state index contributed by atoms with van der Waals surface area (Å²) in [7, 11) is 0. The Balaban J connectivity index is 1.53. The Kier molecular flexibility index (Phi) is 5.91. The summed E-state index contributed by atoms with van der Waals surface area (Å²) >= 11 is 1.57. The molecule has 30 heavy (non-hydrogen) atoms. The molecule has 5 heteroatoms. The first-order valence-electron chi connectivity index (χ1n) is 10.1.